The molecule has 2 N–H and O–H groups in total. The van der Waals surface area contributed by atoms with Crippen LogP contribution in [0.1, 0.15) is 53.7 Å². The number of benzene rings is 1. The molecule has 4 rings (SSSR count). The van der Waals surface area contributed by atoms with Crippen molar-refractivity contribution < 1.29 is 14.3 Å². The zero-order chi connectivity index (χ0) is 22.0. The van der Waals surface area contributed by atoms with Crippen molar-refractivity contribution in [3.05, 3.63) is 46.1 Å². The van der Waals surface area contributed by atoms with E-state index in [4.69, 9.17) is 27.3 Å². The summed E-state index contributed by atoms with van der Waals surface area (Å²) in [6, 6.07) is 8.77. The highest BCUT2D eigenvalue weighted by Crippen LogP contribution is 2.43. The highest BCUT2D eigenvalue weighted by molar-refractivity contribution is 6.31. The van der Waals surface area contributed by atoms with Crippen molar-refractivity contribution in [1.82, 2.24) is 10.2 Å². The molecule has 160 valence electrons. The van der Waals surface area contributed by atoms with Crippen molar-refractivity contribution in [2.24, 2.45) is 11.7 Å². The van der Waals surface area contributed by atoms with Gasteiger partial charge in [-0.05, 0) is 43.9 Å². The molecule has 0 unspecified atom stereocenters. The van der Waals surface area contributed by atoms with Gasteiger partial charge >= 0.3 is 0 Å². The predicted octanol–water partition coefficient (Wildman–Crippen LogP) is 2.97. The number of hydrogen-bond acceptors (Lipinski definition) is 7. The molecule has 0 atom stereocenters. The highest BCUT2D eigenvalue weighted by Gasteiger charge is 2.41. The number of nitrogens with zero attached hydrogens (tertiary/aromatic N) is 4. The number of carbonyl (C=O) groups excluding carboxylic acids is 2. The lowest BCUT2D eigenvalue weighted by atomic mass is 9.78. The number of nitrogens with two attached hydrogens (primary N) is 1. The van der Waals surface area contributed by atoms with E-state index in [9.17, 15) is 9.59 Å². The van der Waals surface area contributed by atoms with Crippen molar-refractivity contribution in [3.8, 4) is 11.8 Å². The van der Waals surface area contributed by atoms with E-state index in [1.165, 1.54) is 0 Å². The van der Waals surface area contributed by atoms with Gasteiger partial charge < -0.3 is 20.2 Å². The lowest BCUT2D eigenvalue weighted by Crippen LogP contribution is -2.48. The van der Waals surface area contributed by atoms with Gasteiger partial charge in [-0.15, -0.1) is 10.2 Å². The van der Waals surface area contributed by atoms with E-state index in [2.05, 4.69) is 10.2 Å². The standard InChI is InChI=1S/C22H22ClN5O3/c23-18-8-16(5-4-15(18)10-24)31-22(6-2-1-3-7-22)17-9-19(26-27-20(17)21(25)30)28-11-14(12-28)13-29/h4-5,8-9,13-14H,1-3,6-7,11-12H2,(H2,25,30). The molecule has 0 bridgehead atoms. The quantitative estimate of drug-likeness (QED) is 0.686. The fraction of sp³-hybridized carbons (Fsp3) is 0.409. The molecule has 8 nitrogen and oxygen atoms in total. The summed E-state index contributed by atoms with van der Waals surface area (Å²) in [7, 11) is 0. The summed E-state index contributed by atoms with van der Waals surface area (Å²) >= 11 is 6.21. The summed E-state index contributed by atoms with van der Waals surface area (Å²) in [6.45, 7) is 1.12. The molecule has 1 saturated heterocycles. The van der Waals surface area contributed by atoms with Crippen molar-refractivity contribution in [3.63, 3.8) is 0 Å². The Kier molecular flexibility index (Phi) is 5.79. The number of ether oxygens (including phenoxy) is 1. The molecule has 1 aliphatic heterocycles. The van der Waals surface area contributed by atoms with E-state index in [-0.39, 0.29) is 11.6 Å². The van der Waals surface area contributed by atoms with Crippen molar-refractivity contribution in [2.75, 3.05) is 18.0 Å². The molecular weight excluding hydrogens is 418 g/mol. The van der Waals surface area contributed by atoms with Crippen molar-refractivity contribution in [1.29, 1.82) is 5.26 Å². The molecule has 2 fully saturated rings. The first-order valence-corrected chi connectivity index (χ1v) is 10.6. The van der Waals surface area contributed by atoms with Gasteiger partial charge in [0.05, 0.1) is 10.6 Å². The SMILES string of the molecule is N#Cc1ccc(OC2(c3cc(N4CC(C=O)C4)nnc3C(N)=O)CCCCC2)cc1Cl. The summed E-state index contributed by atoms with van der Waals surface area (Å²) < 4.78 is 6.48. The topological polar surface area (TPSA) is 122 Å². The molecule has 2 heterocycles. The smallest absolute Gasteiger partial charge is 0.269 e. The molecule has 31 heavy (non-hydrogen) atoms. The maximum absolute atomic E-state index is 12.2. The minimum Gasteiger partial charge on any atom is -0.482 e. The van der Waals surface area contributed by atoms with Crippen LogP contribution in [0.5, 0.6) is 5.75 Å². The molecular formula is C22H22ClN5O3. The minimum absolute atomic E-state index is 0.0262. The number of anilines is 1. The van der Waals surface area contributed by atoms with E-state index >= 15 is 0 Å². The second kappa shape index (κ2) is 8.52. The number of hydrogen-bond donors (Lipinski definition) is 1. The zero-order valence-corrected chi connectivity index (χ0v) is 17.6. The van der Waals surface area contributed by atoms with Crippen LogP contribution in [-0.4, -0.2) is 35.5 Å². The maximum atomic E-state index is 12.2. The molecule has 0 radical (unpaired) electrons. The predicted molar refractivity (Wildman–Crippen MR) is 114 cm³/mol. The number of aromatic nitrogens is 2. The third kappa shape index (κ3) is 4.06. The number of aldehydes is 1. The Morgan fingerprint density at radius 1 is 1.26 bits per heavy atom. The van der Waals surface area contributed by atoms with Gasteiger partial charge in [-0.1, -0.05) is 18.0 Å². The van der Waals surface area contributed by atoms with Gasteiger partial charge in [0.2, 0.25) is 0 Å². The zero-order valence-electron chi connectivity index (χ0n) is 16.9. The molecule has 1 aromatic heterocycles. The third-order valence-electron chi connectivity index (χ3n) is 5.97. The summed E-state index contributed by atoms with van der Waals surface area (Å²) in [5.41, 5.74) is 5.86. The highest BCUT2D eigenvalue weighted by atomic mass is 35.5. The number of rotatable bonds is 6. The molecule has 1 aromatic carbocycles. The van der Waals surface area contributed by atoms with Gasteiger partial charge in [-0.25, -0.2) is 0 Å². The molecule has 1 amide bonds. The number of primary amides is 1. The Bertz CT molecular complexity index is 1060. The summed E-state index contributed by atoms with van der Waals surface area (Å²) in [5.74, 6) is 0.394. The van der Waals surface area contributed by atoms with Gasteiger partial charge in [0.1, 0.15) is 23.7 Å². The minimum atomic E-state index is -0.820. The Morgan fingerprint density at radius 2 is 2.00 bits per heavy atom. The molecule has 9 heteroatoms. The second-order valence-corrected chi connectivity index (χ2v) is 8.45. The van der Waals surface area contributed by atoms with E-state index < -0.39 is 11.5 Å². The fourth-order valence-corrected chi connectivity index (χ4v) is 4.49. The Morgan fingerprint density at radius 3 is 2.61 bits per heavy atom. The van der Waals surface area contributed by atoms with Crippen LogP contribution in [0, 0.1) is 17.2 Å². The van der Waals surface area contributed by atoms with Crippen LogP contribution in [-0.2, 0) is 10.4 Å². The number of carbonyl (C=O) groups is 2. The van der Waals surface area contributed by atoms with E-state index in [0.29, 0.717) is 53.6 Å². The van der Waals surface area contributed by atoms with Crippen LogP contribution >= 0.6 is 11.6 Å². The fourth-order valence-electron chi connectivity index (χ4n) is 4.28. The summed E-state index contributed by atoms with van der Waals surface area (Å²) in [6.07, 6.45) is 5.17. The van der Waals surface area contributed by atoms with Crippen LogP contribution in [0.4, 0.5) is 5.82 Å². The average molecular weight is 440 g/mol. The van der Waals surface area contributed by atoms with Crippen molar-refractivity contribution >= 4 is 29.6 Å². The Labute approximate surface area is 184 Å². The van der Waals surface area contributed by atoms with Gasteiger partial charge in [0, 0.05) is 30.6 Å². The molecule has 1 saturated carbocycles. The Hall–Kier alpha value is -3.18. The number of amides is 1. The molecule has 2 aliphatic rings. The first-order valence-electron chi connectivity index (χ1n) is 10.2. The molecule has 0 spiro atoms. The van der Waals surface area contributed by atoms with Gasteiger partial charge in [0.25, 0.3) is 5.91 Å². The summed E-state index contributed by atoms with van der Waals surface area (Å²) in [4.78, 5) is 25.1. The first kappa shape index (κ1) is 21.1. The first-order chi connectivity index (χ1) is 15.0. The van der Waals surface area contributed by atoms with Gasteiger partial charge in [-0.2, -0.15) is 5.26 Å². The maximum Gasteiger partial charge on any atom is 0.269 e. The van der Waals surface area contributed by atoms with Crippen LogP contribution in [0.2, 0.25) is 5.02 Å². The third-order valence-corrected chi connectivity index (χ3v) is 6.28. The van der Waals surface area contributed by atoms with E-state index in [1.807, 2.05) is 17.0 Å². The van der Waals surface area contributed by atoms with Gasteiger partial charge in [-0.3, -0.25) is 4.79 Å². The second-order valence-electron chi connectivity index (χ2n) is 8.04. The van der Waals surface area contributed by atoms with Crippen LogP contribution < -0.4 is 15.4 Å². The largest absolute Gasteiger partial charge is 0.482 e. The lowest BCUT2D eigenvalue weighted by Gasteiger charge is -2.40. The lowest BCUT2D eigenvalue weighted by molar-refractivity contribution is -0.111. The monoisotopic (exact) mass is 439 g/mol. The number of nitriles is 1. The van der Waals surface area contributed by atoms with Crippen LogP contribution in [0.3, 0.4) is 0 Å². The molecule has 2 aromatic rings. The Balaban J connectivity index is 1.76. The molecule has 1 aliphatic carbocycles. The average Bonchev–Trinajstić information content (AvgIpc) is 2.73. The van der Waals surface area contributed by atoms with Crippen LogP contribution in [0.25, 0.3) is 0 Å². The van der Waals surface area contributed by atoms with E-state index in [0.717, 1.165) is 25.5 Å². The summed E-state index contributed by atoms with van der Waals surface area (Å²) in [5, 5.41) is 17.7. The van der Waals surface area contributed by atoms with Gasteiger partial charge in [0.15, 0.2) is 11.5 Å². The normalized spacial score (nSPS) is 18.0. The van der Waals surface area contributed by atoms with Crippen molar-refractivity contribution in [2.45, 2.75) is 37.7 Å². The van der Waals surface area contributed by atoms with Crippen LogP contribution in [0.15, 0.2) is 24.3 Å². The van der Waals surface area contributed by atoms with E-state index in [1.54, 1.807) is 18.2 Å². The number of halogens is 1.